The number of carbonyl (C=O) groups is 1. The normalized spacial score (nSPS) is 12.3. The van der Waals surface area contributed by atoms with Gasteiger partial charge in [-0.05, 0) is 12.1 Å². The van der Waals surface area contributed by atoms with Crippen LogP contribution in [-0.2, 0) is 19.1 Å². The molecule has 0 aromatic heterocycles. The quantitative estimate of drug-likeness (QED) is 0.337. The lowest BCUT2D eigenvalue weighted by atomic mass is 10.1. The summed E-state index contributed by atoms with van der Waals surface area (Å²) in [7, 11) is 0. The second-order valence-electron chi connectivity index (χ2n) is 3.65. The number of halogens is 3. The van der Waals surface area contributed by atoms with Gasteiger partial charge in [-0.1, -0.05) is 34.8 Å². The Kier molecular flexibility index (Phi) is 6.19. The van der Waals surface area contributed by atoms with E-state index in [1.165, 1.54) is 12.1 Å². The number of esters is 1. The molecule has 0 heterocycles. The molecule has 0 N–H and O–H groups in total. The van der Waals surface area contributed by atoms with Crippen molar-refractivity contribution < 1.29 is 24.0 Å². The van der Waals surface area contributed by atoms with Crippen LogP contribution in [-0.4, -0.2) is 27.8 Å². The highest BCUT2D eigenvalue weighted by molar-refractivity contribution is 6.67. The number of nitro benzene ring substituents is 1. The summed E-state index contributed by atoms with van der Waals surface area (Å²) >= 11 is 16.3. The van der Waals surface area contributed by atoms with Crippen molar-refractivity contribution in [1.29, 1.82) is 0 Å². The highest BCUT2D eigenvalue weighted by Crippen LogP contribution is 2.28. The van der Waals surface area contributed by atoms with Crippen LogP contribution in [0.4, 0.5) is 5.69 Å². The monoisotopic (exact) mass is 354 g/mol. The minimum absolute atomic E-state index is 0.151. The third kappa shape index (κ3) is 5.74. The van der Waals surface area contributed by atoms with Gasteiger partial charge in [0.05, 0.1) is 4.92 Å². The zero-order valence-electron chi connectivity index (χ0n) is 10.1. The maximum atomic E-state index is 11.8. The molecule has 1 radical (unpaired) electrons. The molecule has 113 valence electrons. The second kappa shape index (κ2) is 7.44. The fourth-order valence-corrected chi connectivity index (χ4v) is 1.46. The summed E-state index contributed by atoms with van der Waals surface area (Å²) in [5.41, 5.74) is -0.0412. The fourth-order valence-electron chi connectivity index (χ4n) is 1.30. The summed E-state index contributed by atoms with van der Waals surface area (Å²) in [6.07, 6.45) is -1.46. The number of rotatable bonds is 6. The van der Waals surface area contributed by atoms with E-state index in [4.69, 9.17) is 34.8 Å². The Labute approximate surface area is 133 Å². The molecule has 1 aromatic rings. The van der Waals surface area contributed by atoms with Crippen molar-refractivity contribution in [2.45, 2.75) is 9.90 Å². The molecule has 0 fully saturated rings. The van der Waals surface area contributed by atoms with Gasteiger partial charge in [0, 0.05) is 17.7 Å². The van der Waals surface area contributed by atoms with E-state index in [9.17, 15) is 19.7 Å². The number of alkyl halides is 3. The first-order valence-corrected chi connectivity index (χ1v) is 6.38. The van der Waals surface area contributed by atoms with Gasteiger partial charge in [-0.15, -0.1) is 0 Å². The van der Waals surface area contributed by atoms with Crippen LogP contribution in [0.2, 0.25) is 0 Å². The number of ether oxygens (including phenoxy) is 2. The average Bonchev–Trinajstić information content (AvgIpc) is 2.41. The van der Waals surface area contributed by atoms with Crippen molar-refractivity contribution in [2.75, 3.05) is 6.61 Å². The van der Waals surface area contributed by atoms with Gasteiger partial charge in [-0.3, -0.25) is 10.1 Å². The molecule has 0 aliphatic heterocycles. The number of carbonyl (C=O) groups excluding carboxylic acids is 2. The minimum Gasteiger partial charge on any atom is -0.458 e. The largest absolute Gasteiger partial charge is 0.458 e. The Balaban J connectivity index is 2.87. The van der Waals surface area contributed by atoms with Crippen LogP contribution < -0.4 is 0 Å². The van der Waals surface area contributed by atoms with Crippen LogP contribution in [0, 0.1) is 10.1 Å². The van der Waals surface area contributed by atoms with Gasteiger partial charge < -0.3 is 9.47 Å². The first-order chi connectivity index (χ1) is 9.74. The standard InChI is InChI=1S/C11H7Cl3NO6/c12-11(13,14)5-20-10(17)9(21-6-16)7-1-3-8(4-2-7)15(18)19/h1-4,9H,5H2. The minimum atomic E-state index is -1.82. The number of hydrogen-bond donors (Lipinski definition) is 0. The number of nitrogens with zero attached hydrogens (tertiary/aromatic N) is 1. The lowest BCUT2D eigenvalue weighted by Gasteiger charge is -2.16. The highest BCUT2D eigenvalue weighted by Gasteiger charge is 2.29. The molecule has 0 bridgehead atoms. The third-order valence-electron chi connectivity index (χ3n) is 2.16. The molecular weight excluding hydrogens is 348 g/mol. The molecule has 0 amide bonds. The Bertz CT molecular complexity index is 528. The van der Waals surface area contributed by atoms with E-state index >= 15 is 0 Å². The van der Waals surface area contributed by atoms with Gasteiger partial charge in [0.1, 0.15) is 6.61 Å². The van der Waals surface area contributed by atoms with Crippen molar-refractivity contribution in [3.8, 4) is 0 Å². The number of benzene rings is 1. The number of nitro groups is 1. The van der Waals surface area contributed by atoms with Crippen LogP contribution in [0.5, 0.6) is 0 Å². The zero-order valence-corrected chi connectivity index (χ0v) is 12.4. The molecule has 0 aliphatic carbocycles. The summed E-state index contributed by atoms with van der Waals surface area (Å²) in [5, 5.41) is 10.5. The molecule has 0 saturated heterocycles. The fraction of sp³-hybridized carbons (Fsp3) is 0.273. The Morgan fingerprint density at radius 2 is 1.90 bits per heavy atom. The molecular formula is C11H7Cl3NO6. The summed E-state index contributed by atoms with van der Waals surface area (Å²) in [6, 6.07) is 4.74. The zero-order chi connectivity index (χ0) is 16.0. The maximum absolute atomic E-state index is 11.8. The molecule has 7 nitrogen and oxygen atoms in total. The van der Waals surface area contributed by atoms with Crippen molar-refractivity contribution in [2.24, 2.45) is 0 Å². The summed E-state index contributed by atoms with van der Waals surface area (Å²) in [5.74, 6) is -1.00. The van der Waals surface area contributed by atoms with E-state index in [0.717, 1.165) is 18.6 Å². The first-order valence-electron chi connectivity index (χ1n) is 5.25. The van der Waals surface area contributed by atoms with Gasteiger partial charge in [-0.25, -0.2) is 9.59 Å². The van der Waals surface area contributed by atoms with Crippen molar-refractivity contribution in [3.63, 3.8) is 0 Å². The summed E-state index contributed by atoms with van der Waals surface area (Å²) in [4.78, 5) is 32.0. The van der Waals surface area contributed by atoms with E-state index in [2.05, 4.69) is 9.47 Å². The van der Waals surface area contributed by atoms with E-state index in [1.54, 1.807) is 0 Å². The highest BCUT2D eigenvalue weighted by atomic mass is 35.6. The van der Waals surface area contributed by atoms with Gasteiger partial charge in [0.25, 0.3) is 5.69 Å². The number of non-ortho nitro benzene ring substituents is 1. The smallest absolute Gasteiger partial charge is 0.418 e. The van der Waals surface area contributed by atoms with Crippen LogP contribution >= 0.6 is 34.8 Å². The van der Waals surface area contributed by atoms with E-state index < -0.39 is 27.4 Å². The molecule has 1 aromatic carbocycles. The van der Waals surface area contributed by atoms with Gasteiger partial charge in [-0.2, -0.15) is 0 Å². The molecule has 0 saturated carbocycles. The predicted molar refractivity (Wildman–Crippen MR) is 73.9 cm³/mol. The second-order valence-corrected chi connectivity index (χ2v) is 6.17. The SMILES string of the molecule is O=[C]OC(C(=O)OCC(Cl)(Cl)Cl)c1ccc([N+](=O)[O-])cc1. The topological polar surface area (TPSA) is 95.7 Å². The lowest BCUT2D eigenvalue weighted by Crippen LogP contribution is -2.23. The predicted octanol–water partition coefficient (Wildman–Crippen LogP) is 2.63. The van der Waals surface area contributed by atoms with Crippen molar-refractivity contribution in [3.05, 3.63) is 39.9 Å². The van der Waals surface area contributed by atoms with Crippen LogP contribution in [0.3, 0.4) is 0 Å². The maximum Gasteiger partial charge on any atom is 0.418 e. The van der Waals surface area contributed by atoms with Crippen molar-refractivity contribution >= 4 is 52.9 Å². The first kappa shape index (κ1) is 17.5. The number of hydrogen-bond acceptors (Lipinski definition) is 6. The lowest BCUT2D eigenvalue weighted by molar-refractivity contribution is -0.384. The molecule has 0 spiro atoms. The van der Waals surface area contributed by atoms with E-state index in [-0.39, 0.29) is 11.3 Å². The molecule has 1 atom stereocenters. The Morgan fingerprint density at radius 1 is 1.33 bits per heavy atom. The van der Waals surface area contributed by atoms with Crippen molar-refractivity contribution in [1.82, 2.24) is 0 Å². The van der Waals surface area contributed by atoms with E-state index in [0.29, 0.717) is 0 Å². The summed E-state index contributed by atoms with van der Waals surface area (Å²) in [6.45, 7) is 0.545. The third-order valence-corrected chi connectivity index (χ3v) is 2.49. The average molecular weight is 356 g/mol. The molecule has 1 unspecified atom stereocenters. The molecule has 1 rings (SSSR count). The van der Waals surface area contributed by atoms with Gasteiger partial charge in [0.15, 0.2) is 0 Å². The summed E-state index contributed by atoms with van der Waals surface area (Å²) < 4.78 is 7.34. The Morgan fingerprint density at radius 3 is 2.33 bits per heavy atom. The van der Waals surface area contributed by atoms with Gasteiger partial charge in [0.2, 0.25) is 9.90 Å². The molecule has 10 heteroatoms. The molecule has 0 aliphatic rings. The van der Waals surface area contributed by atoms with Crippen LogP contribution in [0.25, 0.3) is 0 Å². The molecule has 21 heavy (non-hydrogen) atoms. The van der Waals surface area contributed by atoms with E-state index in [1.807, 2.05) is 0 Å². The van der Waals surface area contributed by atoms with Crippen LogP contribution in [0.1, 0.15) is 11.7 Å². The Hall–Kier alpha value is -1.57. The van der Waals surface area contributed by atoms with Crippen LogP contribution in [0.15, 0.2) is 24.3 Å². The van der Waals surface area contributed by atoms with Gasteiger partial charge >= 0.3 is 12.4 Å².